The zero-order valence-corrected chi connectivity index (χ0v) is 13.4. The number of halogens is 3. The minimum atomic E-state index is -3.20. The summed E-state index contributed by atoms with van der Waals surface area (Å²) in [6, 6.07) is 2.16. The van der Waals surface area contributed by atoms with Crippen molar-refractivity contribution in [3.8, 4) is 17.6 Å². The van der Waals surface area contributed by atoms with Gasteiger partial charge >= 0.3 is 6.61 Å². The number of hydrogen-bond acceptors (Lipinski definition) is 3. The molecule has 1 aliphatic carbocycles. The van der Waals surface area contributed by atoms with E-state index in [-0.39, 0.29) is 17.9 Å². The van der Waals surface area contributed by atoms with E-state index in [0.29, 0.717) is 12.8 Å². The average Bonchev–Trinajstić information content (AvgIpc) is 2.49. The third-order valence-corrected chi connectivity index (χ3v) is 4.11. The first kappa shape index (κ1) is 18.1. The average molecular weight is 338 g/mol. The number of rotatable bonds is 4. The van der Waals surface area contributed by atoms with Crippen LogP contribution in [0.1, 0.15) is 50.2 Å². The standard InChI is InChI=1S/C18H17F3O3/c1-3-5-10-8-12(19)15(14(9-10)24-18(20)21)16-13(22)7-6-11(4-2)17(16)23/h8-9,11,16,18H,4,6-7H2,1-2H3. The van der Waals surface area contributed by atoms with Gasteiger partial charge in [-0.2, -0.15) is 8.78 Å². The van der Waals surface area contributed by atoms with Gasteiger partial charge in [0.1, 0.15) is 23.3 Å². The van der Waals surface area contributed by atoms with E-state index in [1.807, 2.05) is 0 Å². The highest BCUT2D eigenvalue weighted by molar-refractivity contribution is 6.10. The molecule has 0 spiro atoms. The fourth-order valence-electron chi connectivity index (χ4n) is 2.99. The highest BCUT2D eigenvalue weighted by Gasteiger charge is 2.40. The Morgan fingerprint density at radius 1 is 1.33 bits per heavy atom. The van der Waals surface area contributed by atoms with Crippen LogP contribution in [0.5, 0.6) is 5.75 Å². The first-order valence-electron chi connectivity index (χ1n) is 7.66. The summed E-state index contributed by atoms with van der Waals surface area (Å²) < 4.78 is 44.3. The monoisotopic (exact) mass is 338 g/mol. The lowest BCUT2D eigenvalue weighted by molar-refractivity contribution is -0.135. The summed E-state index contributed by atoms with van der Waals surface area (Å²) in [6.45, 7) is 0.102. The van der Waals surface area contributed by atoms with Crippen LogP contribution >= 0.6 is 0 Å². The number of benzene rings is 1. The van der Waals surface area contributed by atoms with E-state index in [0.717, 1.165) is 12.1 Å². The summed E-state index contributed by atoms with van der Waals surface area (Å²) >= 11 is 0. The number of carbonyl (C=O) groups is 2. The topological polar surface area (TPSA) is 43.4 Å². The Morgan fingerprint density at radius 3 is 2.62 bits per heavy atom. The van der Waals surface area contributed by atoms with Crippen molar-refractivity contribution in [3.05, 3.63) is 29.1 Å². The molecule has 0 radical (unpaired) electrons. The third-order valence-electron chi connectivity index (χ3n) is 4.11. The van der Waals surface area contributed by atoms with E-state index in [2.05, 4.69) is 16.6 Å². The van der Waals surface area contributed by atoms with Crippen molar-refractivity contribution in [3.63, 3.8) is 0 Å². The van der Waals surface area contributed by atoms with E-state index >= 15 is 0 Å². The molecule has 24 heavy (non-hydrogen) atoms. The summed E-state index contributed by atoms with van der Waals surface area (Å²) in [4.78, 5) is 24.7. The van der Waals surface area contributed by atoms with Gasteiger partial charge in [-0.3, -0.25) is 9.59 Å². The van der Waals surface area contributed by atoms with E-state index in [1.165, 1.54) is 6.92 Å². The summed E-state index contributed by atoms with van der Waals surface area (Å²) in [6.07, 6.45) is 1.02. The second kappa shape index (κ2) is 7.52. The SMILES string of the molecule is CC#Cc1cc(F)c(C2C(=O)CCC(CC)C2=O)c(OC(F)F)c1. The van der Waals surface area contributed by atoms with Crippen LogP contribution < -0.4 is 4.74 Å². The van der Waals surface area contributed by atoms with Crippen LogP contribution in [0.15, 0.2) is 12.1 Å². The summed E-state index contributed by atoms with van der Waals surface area (Å²) in [5.41, 5.74) is -0.276. The minimum Gasteiger partial charge on any atom is -0.434 e. The Hall–Kier alpha value is -2.29. The Morgan fingerprint density at radius 2 is 2.04 bits per heavy atom. The smallest absolute Gasteiger partial charge is 0.387 e. The van der Waals surface area contributed by atoms with Crippen molar-refractivity contribution in [2.75, 3.05) is 0 Å². The Labute approximate surface area is 138 Å². The van der Waals surface area contributed by atoms with Gasteiger partial charge in [0.15, 0.2) is 5.78 Å². The maximum absolute atomic E-state index is 14.5. The summed E-state index contributed by atoms with van der Waals surface area (Å²) in [5, 5.41) is 0. The molecule has 2 rings (SSSR count). The second-order valence-corrected chi connectivity index (χ2v) is 5.57. The highest BCUT2D eigenvalue weighted by atomic mass is 19.3. The first-order chi connectivity index (χ1) is 11.4. The normalized spacial score (nSPS) is 20.8. The molecule has 0 amide bonds. The van der Waals surface area contributed by atoms with Gasteiger partial charge in [0.25, 0.3) is 0 Å². The molecule has 128 valence electrons. The van der Waals surface area contributed by atoms with Crippen LogP contribution in [-0.2, 0) is 9.59 Å². The van der Waals surface area contributed by atoms with Gasteiger partial charge in [-0.1, -0.05) is 12.8 Å². The number of hydrogen-bond donors (Lipinski definition) is 0. The molecule has 0 aromatic heterocycles. The van der Waals surface area contributed by atoms with Crippen LogP contribution in [0.3, 0.4) is 0 Å². The van der Waals surface area contributed by atoms with Gasteiger partial charge in [-0.05, 0) is 31.9 Å². The lowest BCUT2D eigenvalue weighted by Crippen LogP contribution is -2.34. The van der Waals surface area contributed by atoms with Gasteiger partial charge < -0.3 is 4.74 Å². The minimum absolute atomic E-state index is 0.110. The molecule has 1 saturated carbocycles. The summed E-state index contributed by atoms with van der Waals surface area (Å²) in [5.74, 6) is 0.929. The van der Waals surface area contributed by atoms with Crippen LogP contribution in [0.4, 0.5) is 13.2 Å². The number of Topliss-reactive ketones (excluding diaryl/α,β-unsaturated/α-hetero) is 2. The maximum Gasteiger partial charge on any atom is 0.387 e. The number of ether oxygens (including phenoxy) is 1. The van der Waals surface area contributed by atoms with Gasteiger partial charge in [0.05, 0.1) is 0 Å². The predicted octanol–water partition coefficient (Wildman–Crippen LogP) is 3.84. The fraction of sp³-hybridized carbons (Fsp3) is 0.444. The quantitative estimate of drug-likeness (QED) is 0.619. The van der Waals surface area contributed by atoms with Crippen molar-refractivity contribution in [2.45, 2.75) is 45.6 Å². The Balaban J connectivity index is 2.59. The second-order valence-electron chi connectivity index (χ2n) is 5.57. The van der Waals surface area contributed by atoms with E-state index in [4.69, 9.17) is 0 Å². The fourth-order valence-corrected chi connectivity index (χ4v) is 2.99. The van der Waals surface area contributed by atoms with Crippen molar-refractivity contribution < 1.29 is 27.5 Å². The molecular weight excluding hydrogens is 321 g/mol. The van der Waals surface area contributed by atoms with E-state index in [1.54, 1.807) is 6.92 Å². The predicted molar refractivity (Wildman–Crippen MR) is 81.4 cm³/mol. The van der Waals surface area contributed by atoms with Gasteiger partial charge in [-0.15, -0.1) is 5.92 Å². The Kier molecular flexibility index (Phi) is 5.66. The van der Waals surface area contributed by atoms with E-state index < -0.39 is 41.2 Å². The van der Waals surface area contributed by atoms with Gasteiger partial charge in [-0.25, -0.2) is 4.39 Å². The molecule has 1 aliphatic rings. The lowest BCUT2D eigenvalue weighted by Gasteiger charge is -2.27. The molecule has 1 aromatic carbocycles. The molecule has 2 atom stereocenters. The number of alkyl halides is 2. The Bertz CT molecular complexity index is 716. The van der Waals surface area contributed by atoms with Crippen molar-refractivity contribution in [1.29, 1.82) is 0 Å². The summed E-state index contributed by atoms with van der Waals surface area (Å²) in [7, 11) is 0. The third kappa shape index (κ3) is 3.61. The largest absolute Gasteiger partial charge is 0.434 e. The molecule has 0 bridgehead atoms. The maximum atomic E-state index is 14.5. The zero-order chi connectivity index (χ0) is 17.9. The van der Waals surface area contributed by atoms with Crippen LogP contribution in [-0.4, -0.2) is 18.2 Å². The lowest BCUT2D eigenvalue weighted by atomic mass is 9.74. The molecule has 6 heteroatoms. The van der Waals surface area contributed by atoms with Crippen LogP contribution in [0.2, 0.25) is 0 Å². The molecule has 0 aliphatic heterocycles. The molecule has 3 nitrogen and oxygen atoms in total. The van der Waals surface area contributed by atoms with Crippen molar-refractivity contribution >= 4 is 11.6 Å². The van der Waals surface area contributed by atoms with Crippen LogP contribution in [0.25, 0.3) is 0 Å². The molecule has 0 saturated heterocycles. The number of ketones is 2. The van der Waals surface area contributed by atoms with Crippen molar-refractivity contribution in [2.24, 2.45) is 5.92 Å². The van der Waals surface area contributed by atoms with Gasteiger partial charge in [0, 0.05) is 23.5 Å². The molecule has 0 N–H and O–H groups in total. The van der Waals surface area contributed by atoms with Crippen molar-refractivity contribution in [1.82, 2.24) is 0 Å². The molecule has 1 aromatic rings. The van der Waals surface area contributed by atoms with E-state index in [9.17, 15) is 22.8 Å². The molecule has 1 fully saturated rings. The number of carbonyl (C=O) groups excluding carboxylic acids is 2. The molecule has 0 heterocycles. The van der Waals surface area contributed by atoms with Crippen LogP contribution in [0, 0.1) is 23.6 Å². The highest BCUT2D eigenvalue weighted by Crippen LogP contribution is 2.39. The molecular formula is C18H17F3O3. The molecule has 2 unspecified atom stereocenters. The first-order valence-corrected chi connectivity index (χ1v) is 7.66. The van der Waals surface area contributed by atoms with Gasteiger partial charge in [0.2, 0.25) is 0 Å². The zero-order valence-electron chi connectivity index (χ0n) is 13.4.